The van der Waals surface area contributed by atoms with Crippen molar-refractivity contribution in [2.75, 3.05) is 12.3 Å². The smallest absolute Gasteiger partial charge is 0.399 e. The molecule has 0 atom stereocenters. The SMILES string of the molecule is Cl.Nc1cccc(COCC(F)(F)F)c1. The fourth-order valence-electron chi connectivity index (χ4n) is 0.968. The highest BCUT2D eigenvalue weighted by Gasteiger charge is 2.27. The largest absolute Gasteiger partial charge is 0.411 e. The fraction of sp³-hybridized carbons (Fsp3) is 0.333. The van der Waals surface area contributed by atoms with Crippen LogP contribution in [0.4, 0.5) is 18.9 Å². The second kappa shape index (κ2) is 5.82. The topological polar surface area (TPSA) is 35.2 Å². The molecule has 6 heteroatoms. The normalized spacial score (nSPS) is 10.9. The third kappa shape index (κ3) is 6.19. The molecule has 1 aromatic carbocycles. The second-order valence-electron chi connectivity index (χ2n) is 2.85. The van der Waals surface area contributed by atoms with Crippen molar-refractivity contribution in [2.24, 2.45) is 0 Å². The van der Waals surface area contributed by atoms with Crippen LogP contribution in [0.1, 0.15) is 5.56 Å². The van der Waals surface area contributed by atoms with Crippen LogP contribution in [0.2, 0.25) is 0 Å². The van der Waals surface area contributed by atoms with Gasteiger partial charge in [0.05, 0.1) is 6.61 Å². The lowest BCUT2D eigenvalue weighted by Crippen LogP contribution is -2.16. The minimum absolute atomic E-state index is 0. The molecule has 1 aromatic rings. The summed E-state index contributed by atoms with van der Waals surface area (Å²) in [5, 5.41) is 0. The molecule has 0 aliphatic carbocycles. The van der Waals surface area contributed by atoms with Gasteiger partial charge in [0.1, 0.15) is 6.61 Å². The molecule has 0 aromatic heterocycles. The molecular weight excluding hydrogens is 231 g/mol. The first kappa shape index (κ1) is 14.1. The average Bonchev–Trinajstić information content (AvgIpc) is 2.01. The third-order valence-corrected chi connectivity index (χ3v) is 1.49. The van der Waals surface area contributed by atoms with Crippen molar-refractivity contribution < 1.29 is 17.9 Å². The summed E-state index contributed by atoms with van der Waals surface area (Å²) in [7, 11) is 0. The van der Waals surface area contributed by atoms with Crippen molar-refractivity contribution in [1.82, 2.24) is 0 Å². The molecule has 2 N–H and O–H groups in total. The van der Waals surface area contributed by atoms with Crippen LogP contribution >= 0.6 is 12.4 Å². The van der Waals surface area contributed by atoms with Gasteiger partial charge < -0.3 is 10.5 Å². The van der Waals surface area contributed by atoms with Gasteiger partial charge in [-0.2, -0.15) is 13.2 Å². The van der Waals surface area contributed by atoms with E-state index in [1.165, 1.54) is 0 Å². The highest BCUT2D eigenvalue weighted by Crippen LogP contribution is 2.16. The summed E-state index contributed by atoms with van der Waals surface area (Å²) in [6, 6.07) is 6.57. The van der Waals surface area contributed by atoms with E-state index in [4.69, 9.17) is 5.73 Å². The Bertz CT molecular complexity index is 304. The van der Waals surface area contributed by atoms with E-state index < -0.39 is 12.8 Å². The first-order chi connectivity index (χ1) is 6.47. The number of alkyl halides is 3. The van der Waals surface area contributed by atoms with Crippen LogP contribution in [0.25, 0.3) is 0 Å². The van der Waals surface area contributed by atoms with Crippen LogP contribution in [-0.4, -0.2) is 12.8 Å². The van der Waals surface area contributed by atoms with Gasteiger partial charge in [0.2, 0.25) is 0 Å². The van der Waals surface area contributed by atoms with Crippen molar-refractivity contribution in [1.29, 1.82) is 0 Å². The van der Waals surface area contributed by atoms with Crippen LogP contribution in [0.15, 0.2) is 24.3 Å². The van der Waals surface area contributed by atoms with Crippen LogP contribution in [0.3, 0.4) is 0 Å². The molecule has 0 bridgehead atoms. The zero-order valence-electron chi connectivity index (χ0n) is 7.75. The highest BCUT2D eigenvalue weighted by atomic mass is 35.5. The van der Waals surface area contributed by atoms with Crippen LogP contribution in [0.5, 0.6) is 0 Å². The summed E-state index contributed by atoms with van der Waals surface area (Å²) in [5.74, 6) is 0. The van der Waals surface area contributed by atoms with Gasteiger partial charge in [-0.15, -0.1) is 12.4 Å². The van der Waals surface area contributed by atoms with E-state index in [0.29, 0.717) is 11.3 Å². The number of hydrogen-bond donors (Lipinski definition) is 1. The Balaban J connectivity index is 0.00000196. The number of benzene rings is 1. The molecule has 0 unspecified atom stereocenters. The van der Waals surface area contributed by atoms with E-state index in [1.807, 2.05) is 0 Å². The lowest BCUT2D eigenvalue weighted by atomic mass is 10.2. The summed E-state index contributed by atoms with van der Waals surface area (Å²) in [6.45, 7) is -1.31. The van der Waals surface area contributed by atoms with Crippen molar-refractivity contribution in [3.8, 4) is 0 Å². The standard InChI is InChI=1S/C9H10F3NO.ClH/c10-9(11,12)6-14-5-7-2-1-3-8(13)4-7;/h1-4H,5-6,13H2;1H. The molecule has 0 saturated carbocycles. The summed E-state index contributed by atoms with van der Waals surface area (Å²) in [5.41, 5.74) is 6.58. The number of nitrogens with two attached hydrogens (primary N) is 1. The first-order valence-corrected chi connectivity index (χ1v) is 3.96. The maximum Gasteiger partial charge on any atom is 0.411 e. The number of hydrogen-bond acceptors (Lipinski definition) is 2. The molecule has 15 heavy (non-hydrogen) atoms. The zero-order valence-corrected chi connectivity index (χ0v) is 8.57. The molecule has 0 amide bonds. The van der Waals surface area contributed by atoms with Gasteiger partial charge in [-0.1, -0.05) is 12.1 Å². The fourth-order valence-corrected chi connectivity index (χ4v) is 0.968. The summed E-state index contributed by atoms with van der Waals surface area (Å²) in [4.78, 5) is 0. The van der Waals surface area contributed by atoms with E-state index in [9.17, 15) is 13.2 Å². The van der Waals surface area contributed by atoms with Gasteiger partial charge in [0, 0.05) is 5.69 Å². The van der Waals surface area contributed by atoms with E-state index in [1.54, 1.807) is 24.3 Å². The maximum atomic E-state index is 11.7. The Morgan fingerprint density at radius 1 is 1.27 bits per heavy atom. The number of halogens is 4. The molecule has 0 heterocycles. The molecule has 0 aliphatic heterocycles. The van der Waals surface area contributed by atoms with Gasteiger partial charge in [-0.25, -0.2) is 0 Å². The van der Waals surface area contributed by atoms with Gasteiger partial charge >= 0.3 is 6.18 Å². The average molecular weight is 242 g/mol. The van der Waals surface area contributed by atoms with Gasteiger partial charge in [0.15, 0.2) is 0 Å². The van der Waals surface area contributed by atoms with E-state index in [0.717, 1.165) is 0 Å². The molecule has 86 valence electrons. The Morgan fingerprint density at radius 2 is 1.93 bits per heavy atom. The predicted molar refractivity (Wildman–Crippen MR) is 53.8 cm³/mol. The minimum atomic E-state index is -4.28. The molecule has 0 saturated heterocycles. The van der Waals surface area contributed by atoms with Crippen molar-refractivity contribution in [2.45, 2.75) is 12.8 Å². The third-order valence-electron chi connectivity index (χ3n) is 1.49. The van der Waals surface area contributed by atoms with Crippen molar-refractivity contribution in [3.63, 3.8) is 0 Å². The highest BCUT2D eigenvalue weighted by molar-refractivity contribution is 5.85. The lowest BCUT2D eigenvalue weighted by molar-refractivity contribution is -0.176. The monoisotopic (exact) mass is 241 g/mol. The number of anilines is 1. The number of ether oxygens (including phenoxy) is 1. The minimum Gasteiger partial charge on any atom is -0.399 e. The molecule has 1 rings (SSSR count). The lowest BCUT2D eigenvalue weighted by Gasteiger charge is -2.07. The summed E-state index contributed by atoms with van der Waals surface area (Å²) >= 11 is 0. The predicted octanol–water partition coefficient (Wildman–Crippen LogP) is 2.77. The van der Waals surface area contributed by atoms with Gasteiger partial charge in [0.25, 0.3) is 0 Å². The van der Waals surface area contributed by atoms with Crippen molar-refractivity contribution >= 4 is 18.1 Å². The summed E-state index contributed by atoms with van der Waals surface area (Å²) < 4.78 is 39.5. The van der Waals surface area contributed by atoms with E-state index >= 15 is 0 Å². The zero-order chi connectivity index (χ0) is 10.6. The van der Waals surface area contributed by atoms with Crippen molar-refractivity contribution in [3.05, 3.63) is 29.8 Å². The van der Waals surface area contributed by atoms with Gasteiger partial charge in [-0.3, -0.25) is 0 Å². The molecule has 0 spiro atoms. The molecule has 0 radical (unpaired) electrons. The van der Waals surface area contributed by atoms with Crippen LogP contribution in [0, 0.1) is 0 Å². The number of rotatable bonds is 3. The van der Waals surface area contributed by atoms with E-state index in [2.05, 4.69) is 4.74 Å². The Labute approximate surface area is 91.6 Å². The Morgan fingerprint density at radius 3 is 2.47 bits per heavy atom. The quantitative estimate of drug-likeness (QED) is 0.826. The van der Waals surface area contributed by atoms with Crippen LogP contribution in [-0.2, 0) is 11.3 Å². The molecular formula is C9H11ClF3NO. The molecule has 0 fully saturated rings. The Kier molecular flexibility index (Phi) is 5.46. The molecule has 2 nitrogen and oxygen atoms in total. The Hall–Kier alpha value is -0.940. The number of nitrogen functional groups attached to an aromatic ring is 1. The van der Waals surface area contributed by atoms with E-state index in [-0.39, 0.29) is 19.0 Å². The maximum absolute atomic E-state index is 11.7. The molecule has 0 aliphatic rings. The van der Waals surface area contributed by atoms with Crippen LogP contribution < -0.4 is 5.73 Å². The summed E-state index contributed by atoms with van der Waals surface area (Å²) in [6.07, 6.45) is -4.28. The van der Waals surface area contributed by atoms with Gasteiger partial charge in [-0.05, 0) is 17.7 Å². The first-order valence-electron chi connectivity index (χ1n) is 3.96. The second-order valence-corrected chi connectivity index (χ2v) is 2.85.